The van der Waals surface area contributed by atoms with Gasteiger partial charge in [0.15, 0.2) is 11.3 Å². The Morgan fingerprint density at radius 2 is 1.95 bits per heavy atom. The Morgan fingerprint density at radius 1 is 1.18 bits per heavy atom. The van der Waals surface area contributed by atoms with Gasteiger partial charge in [-0.1, -0.05) is 30.7 Å². The van der Waals surface area contributed by atoms with Crippen molar-refractivity contribution in [1.82, 2.24) is 5.43 Å². The van der Waals surface area contributed by atoms with Crippen molar-refractivity contribution >= 4 is 29.5 Å². The van der Waals surface area contributed by atoms with Crippen LogP contribution in [0, 0.1) is 34.5 Å². The van der Waals surface area contributed by atoms with E-state index < -0.39 is 17.7 Å². The van der Waals surface area contributed by atoms with Crippen LogP contribution < -0.4 is 5.43 Å². The highest BCUT2D eigenvalue weighted by atomic mass is 16.7. The normalized spacial score (nSPS) is 40.5. The molecule has 10 nitrogen and oxygen atoms in total. The van der Waals surface area contributed by atoms with Gasteiger partial charge in [0.05, 0.1) is 25.3 Å². The Morgan fingerprint density at radius 3 is 2.64 bits per heavy atom. The number of hydrazone groups is 1. The zero-order chi connectivity index (χ0) is 28.2. The molecule has 214 valence electrons. The van der Waals surface area contributed by atoms with Gasteiger partial charge in [-0.15, -0.1) is 0 Å². The summed E-state index contributed by atoms with van der Waals surface area (Å²) in [5, 5.41) is 8.68. The minimum atomic E-state index is -0.969. The first-order valence-corrected chi connectivity index (χ1v) is 14.2. The van der Waals surface area contributed by atoms with E-state index in [9.17, 15) is 14.4 Å². The van der Waals surface area contributed by atoms with Gasteiger partial charge in [-0.05, 0) is 75.5 Å². The summed E-state index contributed by atoms with van der Waals surface area (Å²) in [6.07, 6.45) is 7.94. The van der Waals surface area contributed by atoms with Crippen molar-refractivity contribution in [3.8, 4) is 0 Å². The number of hydrogen-bond acceptors (Lipinski definition) is 9. The Bertz CT molecular complexity index is 1150. The number of allylic oxidation sites excluding steroid dienone is 1. The third kappa shape index (κ3) is 4.08. The minimum absolute atomic E-state index is 0.0423. The van der Waals surface area contributed by atoms with Crippen LogP contribution >= 0.6 is 0 Å². The van der Waals surface area contributed by atoms with Crippen LogP contribution in [0.3, 0.4) is 0 Å². The summed E-state index contributed by atoms with van der Waals surface area (Å²) in [5.74, 6) is 0.103. The lowest BCUT2D eigenvalue weighted by Gasteiger charge is -2.58. The van der Waals surface area contributed by atoms with E-state index in [0.29, 0.717) is 17.5 Å². The van der Waals surface area contributed by atoms with Gasteiger partial charge < -0.3 is 19.0 Å². The fraction of sp³-hybridized carbons (Fsp3) is 0.759. The van der Waals surface area contributed by atoms with E-state index in [2.05, 4.69) is 35.6 Å². The Labute approximate surface area is 229 Å². The molecule has 1 heterocycles. The molecule has 5 rings (SSSR count). The highest BCUT2D eigenvalue weighted by Crippen LogP contribution is 2.70. The van der Waals surface area contributed by atoms with E-state index in [1.807, 2.05) is 6.92 Å². The Hall–Kier alpha value is -2.91. The second-order valence-electron chi connectivity index (χ2n) is 12.3. The summed E-state index contributed by atoms with van der Waals surface area (Å²) in [6.45, 7) is 9.92. The maximum Gasteiger partial charge on any atom is 0.427 e. The predicted octanol–water partition coefficient (Wildman–Crippen LogP) is 4.53. The van der Waals surface area contributed by atoms with Crippen LogP contribution in [0.2, 0.25) is 0 Å². The lowest BCUT2D eigenvalue weighted by molar-refractivity contribution is -0.149. The topological polar surface area (TPSA) is 125 Å². The zero-order valence-corrected chi connectivity index (χ0v) is 23.9. The van der Waals surface area contributed by atoms with Crippen molar-refractivity contribution in [2.45, 2.75) is 91.3 Å². The monoisotopic (exact) mass is 543 g/mol. The highest BCUT2D eigenvalue weighted by molar-refractivity contribution is 6.38. The molecule has 3 fully saturated rings. The molecule has 0 bridgehead atoms. The first kappa shape index (κ1) is 27.6. The number of carbonyl (C=O) groups is 3. The number of nitrogens with one attached hydrogen (secondary N) is 1. The molecule has 3 saturated carbocycles. The van der Waals surface area contributed by atoms with E-state index in [4.69, 9.17) is 19.0 Å². The van der Waals surface area contributed by atoms with Gasteiger partial charge in [0, 0.05) is 18.8 Å². The van der Waals surface area contributed by atoms with E-state index in [0.717, 1.165) is 44.9 Å². The Balaban J connectivity index is 1.49. The average Bonchev–Trinajstić information content (AvgIpc) is 3.40. The van der Waals surface area contributed by atoms with Crippen molar-refractivity contribution in [1.29, 1.82) is 0 Å². The average molecular weight is 544 g/mol. The molecule has 0 aromatic carbocycles. The second kappa shape index (κ2) is 9.93. The molecule has 1 amide bonds. The number of amides is 1. The third-order valence-electron chi connectivity index (χ3n) is 10.8. The van der Waals surface area contributed by atoms with Gasteiger partial charge >= 0.3 is 18.0 Å². The number of esters is 2. The lowest BCUT2D eigenvalue weighted by atomic mass is 9.46. The summed E-state index contributed by atoms with van der Waals surface area (Å²) in [6, 6.07) is 0. The van der Waals surface area contributed by atoms with E-state index in [1.165, 1.54) is 19.6 Å². The quantitative estimate of drug-likeness (QED) is 0.178. The van der Waals surface area contributed by atoms with Crippen LogP contribution in [0.4, 0.5) is 4.79 Å². The van der Waals surface area contributed by atoms with Crippen molar-refractivity contribution in [2.75, 3.05) is 13.7 Å². The molecule has 1 aliphatic heterocycles. The predicted molar refractivity (Wildman–Crippen MR) is 143 cm³/mol. The zero-order valence-electron chi connectivity index (χ0n) is 23.9. The smallest absolute Gasteiger partial charge is 0.427 e. The van der Waals surface area contributed by atoms with Gasteiger partial charge in [-0.2, -0.15) is 5.10 Å². The molecule has 0 radical (unpaired) electrons. The maximum atomic E-state index is 12.8. The lowest BCUT2D eigenvalue weighted by Crippen LogP contribution is -2.59. The van der Waals surface area contributed by atoms with Crippen LogP contribution in [-0.2, 0) is 28.6 Å². The van der Waals surface area contributed by atoms with Crippen LogP contribution in [0.25, 0.3) is 0 Å². The highest BCUT2D eigenvalue weighted by Gasteiger charge is 2.74. The first-order valence-electron chi connectivity index (χ1n) is 14.2. The van der Waals surface area contributed by atoms with E-state index >= 15 is 0 Å². The number of hydrogen-bond donors (Lipinski definition) is 1. The van der Waals surface area contributed by atoms with Gasteiger partial charge in [-0.25, -0.2) is 15.0 Å². The molecule has 8 atom stereocenters. The summed E-state index contributed by atoms with van der Waals surface area (Å²) in [4.78, 5) is 42.7. The van der Waals surface area contributed by atoms with Crippen molar-refractivity contribution in [3.05, 3.63) is 11.6 Å². The van der Waals surface area contributed by atoms with Crippen LogP contribution in [0.15, 0.2) is 21.9 Å². The molecule has 5 aliphatic rings. The molecule has 39 heavy (non-hydrogen) atoms. The maximum absolute atomic E-state index is 12.8. The molecule has 6 unspecified atom stereocenters. The number of fused-ring (bicyclic) bond motifs is 7. The summed E-state index contributed by atoms with van der Waals surface area (Å²) in [5.41, 5.74) is 3.50. The van der Waals surface area contributed by atoms with Crippen LogP contribution in [0.1, 0.15) is 79.6 Å². The van der Waals surface area contributed by atoms with Gasteiger partial charge in [-0.3, -0.25) is 4.79 Å². The summed E-state index contributed by atoms with van der Waals surface area (Å²) in [7, 11) is 1.36. The number of carbonyl (C=O) groups excluding carboxylic acids is 3. The molecule has 10 heteroatoms. The van der Waals surface area contributed by atoms with Crippen LogP contribution in [0.5, 0.6) is 0 Å². The number of methoxy groups -OCH3 is 1. The summed E-state index contributed by atoms with van der Waals surface area (Å²) < 4.78 is 15.7. The minimum Gasteiger partial charge on any atom is -0.464 e. The number of ether oxygens (including phenoxy) is 3. The molecular weight excluding hydrogens is 502 g/mol. The second-order valence-corrected chi connectivity index (χ2v) is 12.3. The fourth-order valence-electron chi connectivity index (χ4n) is 9.05. The molecular formula is C29H41N3O7. The molecule has 4 aliphatic carbocycles. The third-order valence-corrected chi connectivity index (χ3v) is 10.8. The van der Waals surface area contributed by atoms with Crippen molar-refractivity contribution in [2.24, 2.45) is 44.8 Å². The first-order chi connectivity index (χ1) is 18.5. The van der Waals surface area contributed by atoms with Gasteiger partial charge in [0.1, 0.15) is 6.10 Å². The Kier molecular flexibility index (Phi) is 7.04. The van der Waals surface area contributed by atoms with Gasteiger partial charge in [0.25, 0.3) is 0 Å². The molecule has 0 saturated heterocycles. The molecule has 0 aromatic rings. The van der Waals surface area contributed by atoms with Crippen molar-refractivity contribution in [3.63, 3.8) is 0 Å². The number of nitrogens with zero attached hydrogens (tertiary/aromatic N) is 2. The SMILES string of the molecule is CCOC(=O)N/N=C(\C)C12ON=C(C(=O)OC)C1CC1C3CC=C4CC(OC(C)=O)CC[C@]4(C)C3CC[C@@]12C. The van der Waals surface area contributed by atoms with E-state index in [1.54, 1.807) is 6.92 Å². The summed E-state index contributed by atoms with van der Waals surface area (Å²) >= 11 is 0. The van der Waals surface area contributed by atoms with E-state index in [-0.39, 0.29) is 47.1 Å². The molecule has 0 spiro atoms. The van der Waals surface area contributed by atoms with Crippen molar-refractivity contribution < 1.29 is 33.4 Å². The standard InChI is InChI=1S/C29H41N3O7/c1-7-37-26(35)31-30-16(2)29-23(24(32-39-29)25(34)36-6)15-22-20-9-8-18-14-19(38-17(3)33)10-12-27(18,4)21(20)11-13-28(22,29)5/h8,19-23H,7,9-15H2,1-6H3,(H,31,35)/b30-16+/t19?,20?,21?,22?,23?,27-,28-,29?/m0/s1. The van der Waals surface area contributed by atoms with Crippen LogP contribution in [-0.4, -0.2) is 54.9 Å². The number of rotatable bonds is 5. The molecule has 0 aromatic heterocycles. The molecule has 1 N–H and O–H groups in total. The van der Waals surface area contributed by atoms with Gasteiger partial charge in [0.2, 0.25) is 0 Å². The fourth-order valence-corrected chi connectivity index (χ4v) is 9.05. The largest absolute Gasteiger partial charge is 0.464 e. The number of oxime groups is 1.